The summed E-state index contributed by atoms with van der Waals surface area (Å²) < 4.78 is 11.0. The number of thioether (sulfide) groups is 1. The molecule has 146 valence electrons. The molecule has 1 aromatic heterocycles. The number of aromatic nitrogens is 2. The van der Waals surface area contributed by atoms with Crippen LogP contribution in [-0.2, 0) is 14.3 Å². The number of carbonyl (C=O) groups is 2. The quantitative estimate of drug-likeness (QED) is 0.339. The highest BCUT2D eigenvalue weighted by Gasteiger charge is 2.20. The van der Waals surface area contributed by atoms with Crippen LogP contribution in [0.2, 0.25) is 0 Å². The Morgan fingerprint density at radius 3 is 2.71 bits per heavy atom. The molecule has 1 N–H and O–H groups in total. The van der Waals surface area contributed by atoms with E-state index in [0.717, 1.165) is 10.8 Å². The maximum absolute atomic E-state index is 12.6. The van der Waals surface area contributed by atoms with Gasteiger partial charge in [0, 0.05) is 0 Å². The van der Waals surface area contributed by atoms with Crippen molar-refractivity contribution in [3.63, 3.8) is 0 Å². The van der Waals surface area contributed by atoms with E-state index < -0.39 is 6.10 Å². The number of carbonyl (C=O) groups excluding carboxylic acids is 2. The summed E-state index contributed by atoms with van der Waals surface area (Å²) in [4.78, 5) is 23.7. The summed E-state index contributed by atoms with van der Waals surface area (Å²) in [7, 11) is 1.33. The van der Waals surface area contributed by atoms with E-state index in [2.05, 4.69) is 20.3 Å². The monoisotopic (exact) mass is 417 g/mol. The maximum Gasteiger partial charge on any atom is 0.316 e. The van der Waals surface area contributed by atoms with Crippen LogP contribution in [0, 0.1) is 0 Å². The number of nitrogens with zero attached hydrogens (tertiary/aromatic N) is 2. The second-order valence-corrected chi connectivity index (χ2v) is 7.95. The number of rotatable bonds is 8. The van der Waals surface area contributed by atoms with E-state index in [1.807, 2.05) is 49.4 Å². The summed E-state index contributed by atoms with van der Waals surface area (Å²) in [5.41, 5.74) is 0. The van der Waals surface area contributed by atoms with Crippen LogP contribution in [-0.4, -0.2) is 41.0 Å². The first-order valence-electron chi connectivity index (χ1n) is 8.58. The fourth-order valence-electron chi connectivity index (χ4n) is 2.41. The molecule has 0 bridgehead atoms. The molecule has 1 amide bonds. The average Bonchev–Trinajstić information content (AvgIpc) is 3.17. The normalized spacial score (nSPS) is 11.8. The van der Waals surface area contributed by atoms with E-state index in [1.54, 1.807) is 0 Å². The van der Waals surface area contributed by atoms with Crippen LogP contribution in [0.1, 0.15) is 13.3 Å². The Kier molecular flexibility index (Phi) is 6.83. The van der Waals surface area contributed by atoms with Crippen molar-refractivity contribution in [3.05, 3.63) is 42.5 Å². The lowest BCUT2D eigenvalue weighted by molar-refractivity contribution is -0.137. The molecule has 28 heavy (non-hydrogen) atoms. The average molecular weight is 418 g/mol. The first kappa shape index (κ1) is 20.1. The van der Waals surface area contributed by atoms with E-state index in [-0.39, 0.29) is 17.6 Å². The number of esters is 1. The van der Waals surface area contributed by atoms with Gasteiger partial charge >= 0.3 is 5.97 Å². The second-order valence-electron chi connectivity index (χ2n) is 5.75. The third-order valence-electron chi connectivity index (χ3n) is 3.84. The summed E-state index contributed by atoms with van der Waals surface area (Å²) in [6.07, 6.45) is -0.155. The SMILES string of the molecule is CC[C@@H](Oc1ccc2ccccc2c1)C(=O)Nc1nnc(SCC(=O)OC)s1. The van der Waals surface area contributed by atoms with E-state index in [9.17, 15) is 9.59 Å². The van der Waals surface area contributed by atoms with Gasteiger partial charge < -0.3 is 9.47 Å². The number of anilines is 1. The van der Waals surface area contributed by atoms with Gasteiger partial charge in [-0.25, -0.2) is 0 Å². The molecule has 2 aromatic carbocycles. The Labute approximate surface area is 170 Å². The molecule has 1 heterocycles. The summed E-state index contributed by atoms with van der Waals surface area (Å²) in [6, 6.07) is 13.7. The number of amides is 1. The zero-order valence-corrected chi connectivity index (χ0v) is 17.0. The Morgan fingerprint density at radius 1 is 1.18 bits per heavy atom. The molecule has 0 aliphatic rings. The van der Waals surface area contributed by atoms with Gasteiger partial charge in [-0.15, -0.1) is 10.2 Å². The van der Waals surface area contributed by atoms with Gasteiger partial charge in [0.05, 0.1) is 12.9 Å². The second kappa shape index (κ2) is 9.52. The minimum Gasteiger partial charge on any atom is -0.481 e. The van der Waals surface area contributed by atoms with Gasteiger partial charge in [-0.05, 0) is 29.3 Å². The van der Waals surface area contributed by atoms with E-state index in [0.29, 0.717) is 21.6 Å². The standard InChI is InChI=1S/C19H19N3O4S2/c1-3-15(26-14-9-8-12-6-4-5-7-13(12)10-14)17(24)20-18-21-22-19(28-18)27-11-16(23)25-2/h4-10,15H,3,11H2,1-2H3,(H,20,21,24)/t15-/m1/s1. The van der Waals surface area contributed by atoms with Crippen molar-refractivity contribution >= 4 is 50.9 Å². The lowest BCUT2D eigenvalue weighted by Gasteiger charge is -2.16. The van der Waals surface area contributed by atoms with Gasteiger partial charge in [0.1, 0.15) is 5.75 Å². The van der Waals surface area contributed by atoms with Crippen LogP contribution < -0.4 is 10.1 Å². The Morgan fingerprint density at radius 2 is 1.96 bits per heavy atom. The molecule has 1 atom stereocenters. The van der Waals surface area contributed by atoms with Gasteiger partial charge in [-0.3, -0.25) is 14.9 Å². The number of hydrogen-bond donors (Lipinski definition) is 1. The van der Waals surface area contributed by atoms with Crippen molar-refractivity contribution in [2.75, 3.05) is 18.2 Å². The number of ether oxygens (including phenoxy) is 2. The zero-order valence-electron chi connectivity index (χ0n) is 15.4. The third-order valence-corrected chi connectivity index (χ3v) is 5.79. The van der Waals surface area contributed by atoms with Crippen molar-refractivity contribution < 1.29 is 19.1 Å². The lowest BCUT2D eigenvalue weighted by Crippen LogP contribution is -2.32. The van der Waals surface area contributed by atoms with Crippen molar-refractivity contribution in [3.8, 4) is 5.75 Å². The van der Waals surface area contributed by atoms with Gasteiger partial charge in [-0.2, -0.15) is 0 Å². The molecule has 3 rings (SSSR count). The van der Waals surface area contributed by atoms with Crippen molar-refractivity contribution in [1.82, 2.24) is 10.2 Å². The summed E-state index contributed by atoms with van der Waals surface area (Å²) >= 11 is 2.40. The lowest BCUT2D eigenvalue weighted by atomic mass is 10.1. The summed E-state index contributed by atoms with van der Waals surface area (Å²) in [6.45, 7) is 1.88. The predicted molar refractivity (Wildman–Crippen MR) is 110 cm³/mol. The van der Waals surface area contributed by atoms with Crippen molar-refractivity contribution in [1.29, 1.82) is 0 Å². The minimum absolute atomic E-state index is 0.141. The first-order chi connectivity index (χ1) is 13.6. The molecule has 0 unspecified atom stereocenters. The Balaban J connectivity index is 1.61. The van der Waals surface area contributed by atoms with Gasteiger partial charge in [-0.1, -0.05) is 60.4 Å². The maximum atomic E-state index is 12.6. The van der Waals surface area contributed by atoms with Crippen LogP contribution in [0.4, 0.5) is 5.13 Å². The fourth-order valence-corrected chi connectivity index (χ4v) is 4.00. The molecule has 0 saturated heterocycles. The topological polar surface area (TPSA) is 90.4 Å². The Hall–Kier alpha value is -2.65. The molecule has 0 spiro atoms. The van der Waals surface area contributed by atoms with E-state index >= 15 is 0 Å². The number of benzene rings is 2. The van der Waals surface area contributed by atoms with Crippen LogP contribution in [0.5, 0.6) is 5.75 Å². The highest BCUT2D eigenvalue weighted by molar-refractivity contribution is 8.01. The highest BCUT2D eigenvalue weighted by Crippen LogP contribution is 2.26. The summed E-state index contributed by atoms with van der Waals surface area (Å²) in [5.74, 6) is 0.131. The first-order valence-corrected chi connectivity index (χ1v) is 10.4. The molecule has 0 radical (unpaired) electrons. The zero-order chi connectivity index (χ0) is 19.9. The van der Waals surface area contributed by atoms with Gasteiger partial charge in [0.2, 0.25) is 5.13 Å². The molecule has 7 nitrogen and oxygen atoms in total. The number of nitrogens with one attached hydrogen (secondary N) is 1. The Bertz CT molecular complexity index is 976. The highest BCUT2D eigenvalue weighted by atomic mass is 32.2. The van der Waals surface area contributed by atoms with Crippen molar-refractivity contribution in [2.24, 2.45) is 0 Å². The van der Waals surface area contributed by atoms with Crippen LogP contribution in [0.25, 0.3) is 10.8 Å². The van der Waals surface area contributed by atoms with E-state index in [1.165, 1.54) is 30.2 Å². The molecule has 3 aromatic rings. The molecule has 0 aliphatic carbocycles. The number of hydrogen-bond acceptors (Lipinski definition) is 8. The van der Waals surface area contributed by atoms with Crippen molar-refractivity contribution in [2.45, 2.75) is 23.8 Å². The minimum atomic E-state index is -0.656. The molecule has 9 heteroatoms. The van der Waals surface area contributed by atoms with Crippen LogP contribution in [0.3, 0.4) is 0 Å². The molecular formula is C19H19N3O4S2. The van der Waals surface area contributed by atoms with Gasteiger partial charge in [0.15, 0.2) is 10.4 Å². The largest absolute Gasteiger partial charge is 0.481 e. The smallest absolute Gasteiger partial charge is 0.316 e. The molecule has 0 aliphatic heterocycles. The molecular weight excluding hydrogens is 398 g/mol. The van der Waals surface area contributed by atoms with Gasteiger partial charge in [0.25, 0.3) is 5.91 Å². The summed E-state index contributed by atoms with van der Waals surface area (Å²) in [5, 5.41) is 13.1. The third kappa shape index (κ3) is 5.20. The predicted octanol–water partition coefficient (Wildman–Crippen LogP) is 3.75. The van der Waals surface area contributed by atoms with Crippen LogP contribution in [0.15, 0.2) is 46.8 Å². The van der Waals surface area contributed by atoms with E-state index in [4.69, 9.17) is 4.74 Å². The molecule has 0 saturated carbocycles. The number of methoxy groups -OCH3 is 1. The number of fused-ring (bicyclic) bond motifs is 1. The molecule has 0 fully saturated rings. The fraction of sp³-hybridized carbons (Fsp3) is 0.263. The van der Waals surface area contributed by atoms with Crippen LogP contribution >= 0.6 is 23.1 Å².